The van der Waals surface area contributed by atoms with E-state index in [4.69, 9.17) is 14.6 Å². The van der Waals surface area contributed by atoms with E-state index in [0.29, 0.717) is 18.7 Å². The van der Waals surface area contributed by atoms with Gasteiger partial charge in [0.1, 0.15) is 0 Å². The molecule has 30 heavy (non-hydrogen) atoms. The molecule has 2 aromatic carbocycles. The Morgan fingerprint density at radius 2 is 1.47 bits per heavy atom. The summed E-state index contributed by atoms with van der Waals surface area (Å²) in [5.74, 6) is 0.0500. The molecule has 2 aliphatic heterocycles. The summed E-state index contributed by atoms with van der Waals surface area (Å²) in [6.45, 7) is 9.79. The minimum absolute atomic E-state index is 0.0500. The number of nitriles is 1. The van der Waals surface area contributed by atoms with E-state index in [1.165, 1.54) is 0 Å². The molecule has 0 saturated carbocycles. The van der Waals surface area contributed by atoms with Crippen molar-refractivity contribution in [2.45, 2.75) is 38.9 Å². The first-order chi connectivity index (χ1) is 14.2. The van der Waals surface area contributed by atoms with E-state index in [9.17, 15) is 4.79 Å². The number of carbonyl (C=O) groups is 1. The molecule has 2 aromatic rings. The third-order valence-electron chi connectivity index (χ3n) is 6.31. The van der Waals surface area contributed by atoms with Gasteiger partial charge >= 0.3 is 7.12 Å². The SMILES string of the molecule is CC1(C)OB(c2ccc(N3CCN(c4ccc(C#N)cc4)CC3=O)cc2)OC1(C)C. The minimum atomic E-state index is -0.409. The lowest BCUT2D eigenvalue weighted by Gasteiger charge is -2.35. The van der Waals surface area contributed by atoms with Gasteiger partial charge in [-0.25, -0.2) is 0 Å². The summed E-state index contributed by atoms with van der Waals surface area (Å²) in [4.78, 5) is 16.6. The van der Waals surface area contributed by atoms with Gasteiger partial charge in [-0.05, 0) is 69.6 Å². The molecule has 0 radical (unpaired) electrons. The van der Waals surface area contributed by atoms with Crippen molar-refractivity contribution in [3.63, 3.8) is 0 Å². The highest BCUT2D eigenvalue weighted by atomic mass is 16.7. The van der Waals surface area contributed by atoms with Crippen molar-refractivity contribution in [1.82, 2.24) is 0 Å². The van der Waals surface area contributed by atoms with Crippen molar-refractivity contribution in [2.75, 3.05) is 29.4 Å². The van der Waals surface area contributed by atoms with Crippen LogP contribution in [0, 0.1) is 11.3 Å². The number of rotatable bonds is 3. The number of nitrogens with zero attached hydrogens (tertiary/aromatic N) is 3. The largest absolute Gasteiger partial charge is 0.494 e. The molecule has 0 aliphatic carbocycles. The molecule has 7 heteroatoms. The molecule has 154 valence electrons. The Balaban J connectivity index is 1.43. The van der Waals surface area contributed by atoms with Gasteiger partial charge in [0.15, 0.2) is 0 Å². The van der Waals surface area contributed by atoms with Crippen LogP contribution in [0.15, 0.2) is 48.5 Å². The summed E-state index contributed by atoms with van der Waals surface area (Å²) >= 11 is 0. The van der Waals surface area contributed by atoms with E-state index >= 15 is 0 Å². The molecule has 2 aliphatic rings. The quantitative estimate of drug-likeness (QED) is 0.738. The van der Waals surface area contributed by atoms with Crippen molar-refractivity contribution < 1.29 is 14.1 Å². The standard InChI is InChI=1S/C23H26BN3O3/c1-22(2)23(3,4)30-24(29-22)18-7-11-20(12-8-18)27-14-13-26(16-21(27)28)19-9-5-17(15-25)6-10-19/h5-12H,13-14,16H2,1-4H3. The zero-order valence-electron chi connectivity index (χ0n) is 17.9. The number of anilines is 2. The normalized spacial score (nSPS) is 20.4. The summed E-state index contributed by atoms with van der Waals surface area (Å²) in [6, 6.07) is 17.3. The van der Waals surface area contributed by atoms with Gasteiger partial charge < -0.3 is 19.1 Å². The third-order valence-corrected chi connectivity index (χ3v) is 6.31. The van der Waals surface area contributed by atoms with Crippen LogP contribution in [0.25, 0.3) is 0 Å². The topological polar surface area (TPSA) is 65.8 Å². The van der Waals surface area contributed by atoms with Crippen molar-refractivity contribution >= 4 is 29.9 Å². The zero-order valence-corrected chi connectivity index (χ0v) is 17.9. The summed E-state index contributed by atoms with van der Waals surface area (Å²) in [5.41, 5.74) is 2.63. The summed E-state index contributed by atoms with van der Waals surface area (Å²) in [7, 11) is -0.409. The first-order valence-corrected chi connectivity index (χ1v) is 10.2. The highest BCUT2D eigenvalue weighted by Gasteiger charge is 2.51. The molecule has 0 aromatic heterocycles. The van der Waals surface area contributed by atoms with Crippen LogP contribution in [0.1, 0.15) is 33.3 Å². The van der Waals surface area contributed by atoms with Crippen LogP contribution in [0.2, 0.25) is 0 Å². The number of carbonyl (C=O) groups excluding carboxylic acids is 1. The average Bonchev–Trinajstić information content (AvgIpc) is 2.95. The molecule has 0 bridgehead atoms. The van der Waals surface area contributed by atoms with Gasteiger partial charge in [0, 0.05) is 24.5 Å². The third kappa shape index (κ3) is 3.69. The predicted octanol–water partition coefficient (Wildman–Crippen LogP) is 2.71. The number of amides is 1. The van der Waals surface area contributed by atoms with Crippen LogP contribution in [0.4, 0.5) is 11.4 Å². The first-order valence-electron chi connectivity index (χ1n) is 10.2. The fourth-order valence-electron chi connectivity index (χ4n) is 3.70. The van der Waals surface area contributed by atoms with Gasteiger partial charge in [0.2, 0.25) is 5.91 Å². The Hall–Kier alpha value is -2.82. The van der Waals surface area contributed by atoms with E-state index in [-0.39, 0.29) is 17.1 Å². The second kappa shape index (κ2) is 7.46. The summed E-state index contributed by atoms with van der Waals surface area (Å²) < 4.78 is 12.2. The smallest absolute Gasteiger partial charge is 0.399 e. The maximum atomic E-state index is 12.8. The van der Waals surface area contributed by atoms with Crippen molar-refractivity contribution in [2.24, 2.45) is 0 Å². The van der Waals surface area contributed by atoms with E-state index in [2.05, 4.69) is 6.07 Å². The van der Waals surface area contributed by atoms with Crippen molar-refractivity contribution in [1.29, 1.82) is 5.26 Å². The Morgan fingerprint density at radius 1 is 0.900 bits per heavy atom. The van der Waals surface area contributed by atoms with E-state index in [1.807, 2.05) is 73.9 Å². The molecule has 0 atom stereocenters. The van der Waals surface area contributed by atoms with Crippen LogP contribution >= 0.6 is 0 Å². The van der Waals surface area contributed by atoms with E-state index < -0.39 is 7.12 Å². The van der Waals surface area contributed by atoms with Gasteiger partial charge in [-0.2, -0.15) is 5.26 Å². The van der Waals surface area contributed by atoms with Gasteiger partial charge in [0.05, 0.1) is 29.4 Å². The highest BCUT2D eigenvalue weighted by molar-refractivity contribution is 6.62. The Bertz CT molecular complexity index is 964. The molecule has 0 N–H and O–H groups in total. The van der Waals surface area contributed by atoms with E-state index in [1.54, 1.807) is 12.1 Å². The predicted molar refractivity (Wildman–Crippen MR) is 118 cm³/mol. The molecule has 0 unspecified atom stereocenters. The van der Waals surface area contributed by atoms with Crippen LogP contribution in [0.5, 0.6) is 0 Å². The van der Waals surface area contributed by atoms with Crippen molar-refractivity contribution in [3.8, 4) is 6.07 Å². The lowest BCUT2D eigenvalue weighted by atomic mass is 9.79. The molecule has 0 spiro atoms. The monoisotopic (exact) mass is 403 g/mol. The molecule has 6 nitrogen and oxygen atoms in total. The summed E-state index contributed by atoms with van der Waals surface area (Å²) in [5, 5.41) is 8.94. The molecular weight excluding hydrogens is 377 g/mol. The zero-order chi connectivity index (χ0) is 21.5. The fourth-order valence-corrected chi connectivity index (χ4v) is 3.70. The molecule has 1 amide bonds. The molecule has 2 saturated heterocycles. The number of hydrogen-bond acceptors (Lipinski definition) is 5. The molecule has 4 rings (SSSR count). The van der Waals surface area contributed by atoms with Gasteiger partial charge in [-0.15, -0.1) is 0 Å². The Labute approximate surface area is 178 Å². The van der Waals surface area contributed by atoms with Crippen molar-refractivity contribution in [3.05, 3.63) is 54.1 Å². The second-order valence-electron chi connectivity index (χ2n) is 8.81. The second-order valence-corrected chi connectivity index (χ2v) is 8.81. The molecule has 2 fully saturated rings. The highest BCUT2D eigenvalue weighted by Crippen LogP contribution is 2.36. The molecule has 2 heterocycles. The minimum Gasteiger partial charge on any atom is -0.399 e. The number of hydrogen-bond donors (Lipinski definition) is 0. The van der Waals surface area contributed by atoms with Gasteiger partial charge in [-0.3, -0.25) is 4.79 Å². The lowest BCUT2D eigenvalue weighted by Crippen LogP contribution is -2.50. The van der Waals surface area contributed by atoms with Gasteiger partial charge in [0.25, 0.3) is 0 Å². The Kier molecular flexibility index (Phi) is 5.09. The van der Waals surface area contributed by atoms with Gasteiger partial charge in [-0.1, -0.05) is 12.1 Å². The maximum absolute atomic E-state index is 12.8. The average molecular weight is 403 g/mol. The van der Waals surface area contributed by atoms with E-state index in [0.717, 1.165) is 23.4 Å². The fraction of sp³-hybridized carbons (Fsp3) is 0.391. The lowest BCUT2D eigenvalue weighted by molar-refractivity contribution is -0.117. The maximum Gasteiger partial charge on any atom is 0.494 e. The van der Waals surface area contributed by atoms with Crippen LogP contribution in [-0.4, -0.2) is 43.9 Å². The Morgan fingerprint density at radius 3 is 2.00 bits per heavy atom. The summed E-state index contributed by atoms with van der Waals surface area (Å²) in [6.07, 6.45) is 0. The van der Waals surface area contributed by atoms with Crippen LogP contribution in [0.3, 0.4) is 0 Å². The number of piperazine rings is 1. The first kappa shape index (κ1) is 20.5. The van der Waals surface area contributed by atoms with Crippen LogP contribution < -0.4 is 15.3 Å². The number of benzene rings is 2. The molecular formula is C23H26BN3O3. The van der Waals surface area contributed by atoms with Crippen LogP contribution in [-0.2, 0) is 14.1 Å².